The quantitative estimate of drug-likeness (QED) is 0.0576. The fourth-order valence-electron chi connectivity index (χ4n) is 5.25. The molecule has 0 rings (SSSR count). The molecule has 4 nitrogen and oxygen atoms in total. The normalized spacial score (nSPS) is 10.6. The van der Waals surface area contributed by atoms with Crippen LogP contribution in [-0.2, 0) is 4.79 Å². The summed E-state index contributed by atoms with van der Waals surface area (Å²) in [6, 6.07) is 0. The predicted molar refractivity (Wildman–Crippen MR) is 211 cm³/mol. The lowest BCUT2D eigenvalue weighted by Crippen LogP contribution is -2.12. The molecule has 0 aliphatic carbocycles. The first-order valence-corrected chi connectivity index (χ1v) is 19.4. The number of carboxylic acids is 1. The van der Waals surface area contributed by atoms with E-state index in [-0.39, 0.29) is 22.6 Å². The van der Waals surface area contributed by atoms with Crippen LogP contribution in [0.5, 0.6) is 0 Å². The maximum Gasteiger partial charge on any atom is 0.330 e. The Balaban J connectivity index is -0.000000310. The third-order valence-electron chi connectivity index (χ3n) is 8.28. The molecule has 274 valence electrons. The van der Waals surface area contributed by atoms with E-state index in [1.54, 1.807) is 0 Å². The number of nitrogens with zero attached hydrogens (tertiary/aromatic N) is 2. The molecule has 0 saturated carbocycles. The van der Waals surface area contributed by atoms with Crippen LogP contribution in [0.25, 0.3) is 0 Å². The van der Waals surface area contributed by atoms with Crippen LogP contribution in [0.15, 0.2) is 12.2 Å². The molecular formula is C40H85BrN2O2. The highest BCUT2D eigenvalue weighted by Gasteiger charge is 1.96. The summed E-state index contributed by atoms with van der Waals surface area (Å²) < 4.78 is 0. The Hall–Kier alpha value is -0.390. The van der Waals surface area contributed by atoms with Crippen LogP contribution in [0, 0.1) is 0 Å². The van der Waals surface area contributed by atoms with Gasteiger partial charge in [-0.25, -0.2) is 4.79 Å². The number of hydrogen-bond acceptors (Lipinski definition) is 3. The van der Waals surface area contributed by atoms with Crippen molar-refractivity contribution in [2.24, 2.45) is 0 Å². The molecule has 0 bridgehead atoms. The lowest BCUT2D eigenvalue weighted by Gasteiger charge is -2.08. The largest absolute Gasteiger partial charge is 0.478 e. The van der Waals surface area contributed by atoms with Gasteiger partial charge in [-0.15, -0.1) is 17.0 Å². The van der Waals surface area contributed by atoms with Gasteiger partial charge in [0.15, 0.2) is 0 Å². The lowest BCUT2D eigenvalue weighted by atomic mass is 10.0. The maximum absolute atomic E-state index is 9.60. The van der Waals surface area contributed by atoms with Crippen molar-refractivity contribution < 1.29 is 9.90 Å². The van der Waals surface area contributed by atoms with Crippen molar-refractivity contribution in [2.45, 2.75) is 201 Å². The average molecular weight is 706 g/mol. The van der Waals surface area contributed by atoms with Crippen LogP contribution in [-0.4, -0.2) is 62.2 Å². The Morgan fingerprint density at radius 2 is 0.600 bits per heavy atom. The molecule has 0 atom stereocenters. The molecule has 0 aliphatic heterocycles. The van der Waals surface area contributed by atoms with Gasteiger partial charge in [0, 0.05) is 5.57 Å². The number of unbranched alkanes of at least 4 members (excludes halogenated alkanes) is 26. The van der Waals surface area contributed by atoms with E-state index in [1.807, 2.05) is 0 Å². The average Bonchev–Trinajstić information content (AvgIpc) is 2.98. The highest BCUT2D eigenvalue weighted by Crippen LogP contribution is 2.14. The van der Waals surface area contributed by atoms with E-state index < -0.39 is 5.97 Å². The van der Waals surface area contributed by atoms with Crippen molar-refractivity contribution in [3.05, 3.63) is 12.2 Å². The summed E-state index contributed by atoms with van der Waals surface area (Å²) in [5.41, 5.74) is 0.176. The number of carboxylic acid groups (broad SMARTS) is 1. The van der Waals surface area contributed by atoms with Crippen molar-refractivity contribution >= 4 is 23.0 Å². The van der Waals surface area contributed by atoms with Crippen LogP contribution < -0.4 is 0 Å². The zero-order valence-electron chi connectivity index (χ0n) is 32.1. The van der Waals surface area contributed by atoms with Gasteiger partial charge in [0.25, 0.3) is 0 Å². The van der Waals surface area contributed by atoms with Gasteiger partial charge in [0.2, 0.25) is 0 Å². The molecule has 5 heteroatoms. The zero-order chi connectivity index (χ0) is 33.5. The standard InChI is InChI=1S/2C18H39N.C4H6O2.BrH/c2*1-4-5-6-7-8-9-10-11-12-13-14-15-16-17-18-19(2)3;1-3(2)4(5)6;/h2*4-18H2,1-3H3;1H2,2H3,(H,5,6);1H. The fraction of sp³-hybridized carbons (Fsp3) is 0.925. The Kier molecular flexibility index (Phi) is 52.3. The van der Waals surface area contributed by atoms with E-state index >= 15 is 0 Å². The molecule has 0 heterocycles. The van der Waals surface area contributed by atoms with Gasteiger partial charge in [-0.2, -0.15) is 0 Å². The molecule has 0 amide bonds. The molecule has 0 unspecified atom stereocenters. The summed E-state index contributed by atoms with van der Waals surface area (Å²) in [4.78, 5) is 14.2. The maximum atomic E-state index is 9.60. The van der Waals surface area contributed by atoms with Gasteiger partial charge < -0.3 is 14.9 Å². The molecule has 0 saturated heterocycles. The Morgan fingerprint density at radius 3 is 0.733 bits per heavy atom. The van der Waals surface area contributed by atoms with Crippen LogP contribution in [0.4, 0.5) is 0 Å². The smallest absolute Gasteiger partial charge is 0.330 e. The summed E-state index contributed by atoms with van der Waals surface area (Å²) in [6.07, 6.45) is 40.6. The Bertz CT molecular complexity index is 506. The second kappa shape index (κ2) is 45.7. The first-order chi connectivity index (χ1) is 21.2. The minimum atomic E-state index is -0.935. The van der Waals surface area contributed by atoms with Crippen LogP contribution in [0.2, 0.25) is 0 Å². The first-order valence-electron chi connectivity index (χ1n) is 19.4. The highest BCUT2D eigenvalue weighted by atomic mass is 79.9. The highest BCUT2D eigenvalue weighted by molar-refractivity contribution is 8.93. The van der Waals surface area contributed by atoms with Crippen molar-refractivity contribution in [3.8, 4) is 0 Å². The second-order valence-corrected chi connectivity index (χ2v) is 13.9. The third kappa shape index (κ3) is 59.5. The van der Waals surface area contributed by atoms with Crippen LogP contribution in [0.1, 0.15) is 201 Å². The van der Waals surface area contributed by atoms with Crippen molar-refractivity contribution in [1.29, 1.82) is 0 Å². The SMILES string of the molecule is Br.C=C(C)C(=O)O.CCCCCCCCCCCCCCCCN(C)C.CCCCCCCCCCCCCCCCN(C)C. The minimum Gasteiger partial charge on any atom is -0.478 e. The van der Waals surface area contributed by atoms with Gasteiger partial charge in [-0.1, -0.05) is 187 Å². The predicted octanol–water partition coefficient (Wildman–Crippen LogP) is 13.3. The van der Waals surface area contributed by atoms with Gasteiger partial charge in [0.1, 0.15) is 0 Å². The van der Waals surface area contributed by atoms with E-state index in [0.717, 1.165) is 0 Å². The molecule has 0 aromatic carbocycles. The number of hydrogen-bond donors (Lipinski definition) is 1. The van der Waals surface area contributed by atoms with E-state index in [9.17, 15) is 4.79 Å². The third-order valence-corrected chi connectivity index (χ3v) is 8.28. The molecule has 0 aromatic rings. The molecular weight excluding hydrogens is 620 g/mol. The topological polar surface area (TPSA) is 43.8 Å². The van der Waals surface area contributed by atoms with E-state index in [1.165, 1.54) is 200 Å². The number of halogens is 1. The molecule has 0 aromatic heterocycles. The molecule has 0 radical (unpaired) electrons. The summed E-state index contributed by atoms with van der Waals surface area (Å²) in [5.74, 6) is -0.935. The summed E-state index contributed by atoms with van der Waals surface area (Å²) in [5, 5.41) is 7.89. The minimum absolute atomic E-state index is 0. The van der Waals surface area contributed by atoms with Gasteiger partial charge >= 0.3 is 5.97 Å². The van der Waals surface area contributed by atoms with E-state index in [4.69, 9.17) is 5.11 Å². The van der Waals surface area contributed by atoms with Crippen molar-refractivity contribution in [2.75, 3.05) is 41.3 Å². The Morgan fingerprint density at radius 1 is 0.444 bits per heavy atom. The first kappa shape index (κ1) is 51.4. The van der Waals surface area contributed by atoms with Gasteiger partial charge in [0.05, 0.1) is 0 Å². The monoisotopic (exact) mass is 705 g/mol. The van der Waals surface area contributed by atoms with Crippen LogP contribution >= 0.6 is 17.0 Å². The summed E-state index contributed by atoms with van der Waals surface area (Å²) >= 11 is 0. The summed E-state index contributed by atoms with van der Waals surface area (Å²) in [7, 11) is 8.68. The summed E-state index contributed by atoms with van der Waals surface area (Å²) in [6.45, 7) is 11.7. The van der Waals surface area contributed by atoms with Gasteiger partial charge in [-0.05, 0) is 61.0 Å². The fourth-order valence-corrected chi connectivity index (χ4v) is 5.25. The van der Waals surface area contributed by atoms with E-state index in [2.05, 4.69) is 58.4 Å². The number of rotatable bonds is 31. The van der Waals surface area contributed by atoms with Crippen molar-refractivity contribution in [3.63, 3.8) is 0 Å². The molecule has 0 aliphatic rings. The van der Waals surface area contributed by atoms with Crippen LogP contribution in [0.3, 0.4) is 0 Å². The molecule has 45 heavy (non-hydrogen) atoms. The number of aliphatic carboxylic acids is 1. The molecule has 0 spiro atoms. The number of carbonyl (C=O) groups is 1. The van der Waals surface area contributed by atoms with E-state index in [0.29, 0.717) is 0 Å². The van der Waals surface area contributed by atoms with Gasteiger partial charge in [-0.3, -0.25) is 0 Å². The lowest BCUT2D eigenvalue weighted by molar-refractivity contribution is -0.132. The zero-order valence-corrected chi connectivity index (χ0v) is 33.8. The second-order valence-electron chi connectivity index (χ2n) is 13.9. The van der Waals surface area contributed by atoms with Crippen molar-refractivity contribution in [1.82, 2.24) is 9.80 Å². The molecule has 1 N–H and O–H groups in total. The Labute approximate surface area is 295 Å². The molecule has 0 fully saturated rings.